The molecule has 0 amide bonds. The highest BCUT2D eigenvalue weighted by atomic mass is 31.2. The maximum atomic E-state index is 11.8. The van der Waals surface area contributed by atoms with E-state index in [9.17, 15) is 14.3 Å². The number of aldehydes is 1. The Morgan fingerprint density at radius 1 is 1.35 bits per heavy atom. The summed E-state index contributed by atoms with van der Waals surface area (Å²) < 4.78 is 16.9. The van der Waals surface area contributed by atoms with E-state index in [-0.39, 0.29) is 6.10 Å². The fourth-order valence-corrected chi connectivity index (χ4v) is 2.93. The fraction of sp³-hybridized carbons (Fsp3) is 0.400. The molecule has 0 radical (unpaired) electrons. The van der Waals surface area contributed by atoms with Crippen LogP contribution >= 0.6 is 7.60 Å². The van der Waals surface area contributed by atoms with E-state index in [1.165, 1.54) is 5.82 Å². The third-order valence-corrected chi connectivity index (χ3v) is 4.28. The van der Waals surface area contributed by atoms with Gasteiger partial charge in [-0.1, -0.05) is 19.1 Å². The van der Waals surface area contributed by atoms with Gasteiger partial charge in [-0.2, -0.15) is 0 Å². The van der Waals surface area contributed by atoms with Crippen molar-refractivity contribution in [3.05, 3.63) is 40.2 Å². The van der Waals surface area contributed by atoms with Gasteiger partial charge in [0.15, 0.2) is 6.29 Å². The van der Waals surface area contributed by atoms with Gasteiger partial charge in [-0.05, 0) is 50.0 Å². The van der Waals surface area contributed by atoms with Crippen molar-refractivity contribution in [2.45, 2.75) is 40.2 Å². The molecule has 0 aliphatic carbocycles. The van der Waals surface area contributed by atoms with Crippen LogP contribution in [-0.2, 0) is 9.09 Å². The summed E-state index contributed by atoms with van der Waals surface area (Å²) in [5.74, 6) is 1.19. The van der Waals surface area contributed by atoms with Gasteiger partial charge in [-0.3, -0.25) is 9.36 Å². The van der Waals surface area contributed by atoms with Crippen LogP contribution in [0.4, 0.5) is 0 Å². The Morgan fingerprint density at radius 3 is 2.35 bits per heavy atom. The van der Waals surface area contributed by atoms with Crippen LogP contribution in [0.3, 0.4) is 0 Å². The van der Waals surface area contributed by atoms with Gasteiger partial charge < -0.3 is 9.42 Å². The van der Waals surface area contributed by atoms with Gasteiger partial charge in [0.1, 0.15) is 0 Å². The molecule has 1 rings (SSSR count). The third-order valence-electron chi connectivity index (χ3n) is 3.10. The van der Waals surface area contributed by atoms with Crippen LogP contribution < -0.4 is 0 Å². The first-order chi connectivity index (χ1) is 9.29. The first-order valence-corrected chi connectivity index (χ1v) is 8.20. The lowest BCUT2D eigenvalue weighted by Gasteiger charge is -2.13. The van der Waals surface area contributed by atoms with Crippen molar-refractivity contribution >= 4 is 20.0 Å². The van der Waals surface area contributed by atoms with Gasteiger partial charge in [0.2, 0.25) is 0 Å². The van der Waals surface area contributed by atoms with E-state index < -0.39 is 7.60 Å². The molecule has 0 aromatic heterocycles. The molecule has 2 unspecified atom stereocenters. The van der Waals surface area contributed by atoms with E-state index in [1.807, 2.05) is 20.8 Å². The van der Waals surface area contributed by atoms with Crippen LogP contribution in [0.1, 0.15) is 47.3 Å². The van der Waals surface area contributed by atoms with Gasteiger partial charge in [0.05, 0.1) is 6.10 Å². The Morgan fingerprint density at radius 2 is 1.90 bits per heavy atom. The predicted octanol–water partition coefficient (Wildman–Crippen LogP) is 4.09. The zero-order valence-corrected chi connectivity index (χ0v) is 13.2. The maximum Gasteiger partial charge on any atom is 0.351 e. The average Bonchev–Trinajstić information content (AvgIpc) is 2.35. The van der Waals surface area contributed by atoms with Crippen LogP contribution in [0.25, 0.3) is 6.08 Å². The molecular formula is C15H21O4P. The van der Waals surface area contributed by atoms with Crippen molar-refractivity contribution in [1.29, 1.82) is 0 Å². The standard InChI is InChI=1S/C15H21O4P/c1-5-13(4)19-20(17,18)7-6-14-8-11(2)15(10-16)12(3)9-14/h6-10,13H,5H2,1-4H3,(H,17,18). The first-order valence-electron chi connectivity index (χ1n) is 6.55. The Bertz CT molecular complexity index is 540. The summed E-state index contributed by atoms with van der Waals surface area (Å²) >= 11 is 0. The minimum atomic E-state index is -3.73. The summed E-state index contributed by atoms with van der Waals surface area (Å²) in [4.78, 5) is 20.6. The normalized spacial score (nSPS) is 16.1. The predicted molar refractivity (Wildman–Crippen MR) is 81.0 cm³/mol. The van der Waals surface area contributed by atoms with Crippen molar-refractivity contribution in [2.75, 3.05) is 0 Å². The Balaban J connectivity index is 2.96. The lowest BCUT2D eigenvalue weighted by Crippen LogP contribution is -2.02. The molecule has 0 saturated heterocycles. The Kier molecular flexibility index (Phi) is 5.88. The molecule has 110 valence electrons. The number of hydrogen-bond acceptors (Lipinski definition) is 3. The van der Waals surface area contributed by atoms with Gasteiger partial charge in [0.25, 0.3) is 0 Å². The topological polar surface area (TPSA) is 63.6 Å². The third kappa shape index (κ3) is 4.71. The molecular weight excluding hydrogens is 275 g/mol. The number of rotatable bonds is 6. The number of carbonyl (C=O) groups is 1. The van der Waals surface area contributed by atoms with Crippen LogP contribution in [0.15, 0.2) is 17.9 Å². The number of aryl methyl sites for hydroxylation is 2. The second kappa shape index (κ2) is 6.98. The zero-order chi connectivity index (χ0) is 15.3. The van der Waals surface area contributed by atoms with Crippen LogP contribution in [0.2, 0.25) is 0 Å². The highest BCUT2D eigenvalue weighted by Gasteiger charge is 2.17. The quantitative estimate of drug-likeness (QED) is 0.634. The average molecular weight is 296 g/mol. The molecule has 0 aliphatic heterocycles. The Hall–Kier alpha value is -1.22. The smallest absolute Gasteiger partial charge is 0.321 e. The molecule has 0 spiro atoms. The van der Waals surface area contributed by atoms with Crippen molar-refractivity contribution < 1.29 is 18.8 Å². The number of carbonyl (C=O) groups excluding carboxylic acids is 1. The van der Waals surface area contributed by atoms with Gasteiger partial charge in [-0.15, -0.1) is 0 Å². The summed E-state index contributed by atoms with van der Waals surface area (Å²) in [5, 5.41) is 0. The number of benzene rings is 1. The molecule has 1 N–H and O–H groups in total. The van der Waals surface area contributed by atoms with E-state index in [4.69, 9.17) is 4.52 Å². The molecule has 5 heteroatoms. The second-order valence-electron chi connectivity index (χ2n) is 4.89. The Labute approximate surface area is 120 Å². The zero-order valence-electron chi connectivity index (χ0n) is 12.3. The molecule has 0 saturated carbocycles. The highest BCUT2D eigenvalue weighted by Crippen LogP contribution is 2.45. The largest absolute Gasteiger partial charge is 0.351 e. The summed E-state index contributed by atoms with van der Waals surface area (Å²) in [5.41, 5.74) is 3.11. The minimum absolute atomic E-state index is 0.267. The molecule has 0 fully saturated rings. The lowest BCUT2D eigenvalue weighted by molar-refractivity contribution is 0.112. The second-order valence-corrected chi connectivity index (χ2v) is 6.53. The molecule has 4 nitrogen and oxygen atoms in total. The first kappa shape index (κ1) is 16.8. The van der Waals surface area contributed by atoms with E-state index in [0.29, 0.717) is 12.0 Å². The maximum absolute atomic E-state index is 11.8. The minimum Gasteiger partial charge on any atom is -0.321 e. The molecule has 1 aromatic carbocycles. The summed E-state index contributed by atoms with van der Waals surface area (Å²) in [6.07, 6.45) is 2.78. The lowest BCUT2D eigenvalue weighted by atomic mass is 10.0. The van der Waals surface area contributed by atoms with Crippen molar-refractivity contribution in [3.63, 3.8) is 0 Å². The van der Waals surface area contributed by atoms with Crippen molar-refractivity contribution in [3.8, 4) is 0 Å². The number of hydrogen-bond donors (Lipinski definition) is 1. The molecule has 20 heavy (non-hydrogen) atoms. The van der Waals surface area contributed by atoms with Crippen molar-refractivity contribution in [2.24, 2.45) is 0 Å². The molecule has 2 atom stereocenters. The summed E-state index contributed by atoms with van der Waals surface area (Å²) in [6, 6.07) is 3.60. The molecule has 0 aliphatic rings. The van der Waals surface area contributed by atoms with E-state index in [2.05, 4.69) is 0 Å². The van der Waals surface area contributed by atoms with E-state index in [1.54, 1.807) is 25.1 Å². The monoisotopic (exact) mass is 296 g/mol. The van der Waals surface area contributed by atoms with Crippen LogP contribution in [0, 0.1) is 13.8 Å². The fourth-order valence-electron chi connectivity index (χ4n) is 1.84. The molecule has 1 aromatic rings. The van der Waals surface area contributed by atoms with E-state index >= 15 is 0 Å². The summed E-state index contributed by atoms with van der Waals surface area (Å²) in [7, 11) is -3.73. The summed E-state index contributed by atoms with van der Waals surface area (Å²) in [6.45, 7) is 7.31. The van der Waals surface area contributed by atoms with Gasteiger partial charge >= 0.3 is 7.60 Å². The van der Waals surface area contributed by atoms with E-state index in [0.717, 1.165) is 23.0 Å². The SMILES string of the molecule is CCC(C)OP(=O)(O)C=Cc1cc(C)c(C=O)c(C)c1. The molecule has 0 bridgehead atoms. The van der Waals surface area contributed by atoms with Crippen molar-refractivity contribution in [1.82, 2.24) is 0 Å². The van der Waals surface area contributed by atoms with Gasteiger partial charge in [-0.25, -0.2) is 0 Å². The van der Waals surface area contributed by atoms with Crippen LogP contribution in [0.5, 0.6) is 0 Å². The van der Waals surface area contributed by atoms with Crippen LogP contribution in [-0.4, -0.2) is 17.3 Å². The highest BCUT2D eigenvalue weighted by molar-refractivity contribution is 7.56. The van der Waals surface area contributed by atoms with Gasteiger partial charge in [0, 0.05) is 11.4 Å². The molecule has 0 heterocycles.